The average Bonchev–Trinajstić information content (AvgIpc) is 3.13. The number of carbonyl (C=O) groups excluding carboxylic acids is 1. The molecule has 0 unspecified atom stereocenters. The minimum absolute atomic E-state index is 0. The number of aliphatic hydroxyl groups is 2. The molecule has 188 valence electrons. The van der Waals surface area contributed by atoms with Gasteiger partial charge in [-0.1, -0.05) is 77.2 Å². The van der Waals surface area contributed by atoms with Crippen LogP contribution in [-0.4, -0.2) is 28.4 Å². The molecule has 0 radical (unpaired) electrons. The number of unbranched alkanes of at least 4 members (excludes halogenated alkanes) is 5. The second kappa shape index (κ2) is 16.7. The Morgan fingerprint density at radius 3 is 2.31 bits per heavy atom. The van der Waals surface area contributed by atoms with E-state index in [2.05, 4.69) is 20.8 Å². The van der Waals surface area contributed by atoms with E-state index in [1.165, 1.54) is 54.0 Å². The minimum Gasteiger partial charge on any atom is -0.550 e. The van der Waals surface area contributed by atoms with Gasteiger partial charge in [0.15, 0.2) is 0 Å². The Morgan fingerprint density at radius 1 is 1.09 bits per heavy atom. The second-order valence-corrected chi connectivity index (χ2v) is 10.4. The van der Waals surface area contributed by atoms with Gasteiger partial charge in [0.25, 0.3) is 0 Å². The van der Waals surface area contributed by atoms with Gasteiger partial charge in [-0.3, -0.25) is 0 Å². The number of carboxylic acids is 1. The number of hydrogen-bond donors (Lipinski definition) is 2. The number of hydrogen-bond acceptors (Lipinski definition) is 5. The van der Waals surface area contributed by atoms with E-state index in [0.717, 1.165) is 29.5 Å². The van der Waals surface area contributed by atoms with Gasteiger partial charge in [-0.2, -0.15) is 0 Å². The zero-order valence-electron chi connectivity index (χ0n) is 21.6. The van der Waals surface area contributed by atoms with Crippen LogP contribution in [0.4, 0.5) is 4.39 Å². The number of carbonyl (C=O) groups is 1. The summed E-state index contributed by atoms with van der Waals surface area (Å²) in [7, 11) is 0. The third kappa shape index (κ3) is 10.9. The molecule has 1 heterocycles. The Hall–Kier alpha value is -1.02. The fourth-order valence-electron chi connectivity index (χ4n) is 4.12. The molecule has 7 heteroatoms. The van der Waals surface area contributed by atoms with E-state index in [1.807, 2.05) is 6.08 Å². The van der Waals surface area contributed by atoms with Crippen LogP contribution in [-0.2, 0) is 11.2 Å². The maximum atomic E-state index is 13.6. The summed E-state index contributed by atoms with van der Waals surface area (Å²) in [6.07, 6.45) is 8.93. The molecule has 2 atom stereocenters. The third-order valence-electron chi connectivity index (χ3n) is 5.86. The fraction of sp³-hybridized carbons (Fsp3) is 0.536. The molecular weight excluding hydrogens is 474 g/mol. The first-order valence-corrected chi connectivity index (χ1v) is 13.2. The van der Waals surface area contributed by atoms with Crippen LogP contribution in [0.3, 0.4) is 0 Å². The van der Waals surface area contributed by atoms with Crippen molar-refractivity contribution in [1.82, 2.24) is 0 Å². The maximum Gasteiger partial charge on any atom is 1.00 e. The summed E-state index contributed by atoms with van der Waals surface area (Å²) in [5.74, 6) is -1.36. The van der Waals surface area contributed by atoms with Crippen molar-refractivity contribution in [2.75, 3.05) is 0 Å². The summed E-state index contributed by atoms with van der Waals surface area (Å²) in [6.45, 7) is 6.47. The average molecular weight is 513 g/mol. The van der Waals surface area contributed by atoms with Gasteiger partial charge in [0.05, 0.1) is 12.2 Å². The molecule has 1 aromatic heterocycles. The van der Waals surface area contributed by atoms with E-state index >= 15 is 0 Å². The molecular formula is C28H38FNaO4S. The van der Waals surface area contributed by atoms with Crippen molar-refractivity contribution in [2.24, 2.45) is 0 Å². The normalized spacial score (nSPS) is 13.2. The summed E-state index contributed by atoms with van der Waals surface area (Å²) in [5, 5.41) is 30.9. The number of thiophene rings is 1. The van der Waals surface area contributed by atoms with Crippen molar-refractivity contribution in [3.63, 3.8) is 0 Å². The predicted octanol–water partition coefficient (Wildman–Crippen LogP) is 2.85. The Labute approximate surface area is 235 Å². The number of halogens is 1. The van der Waals surface area contributed by atoms with Crippen molar-refractivity contribution in [3.8, 4) is 11.1 Å². The number of aliphatic carboxylic acids is 1. The van der Waals surface area contributed by atoms with Gasteiger partial charge >= 0.3 is 29.6 Å². The minimum atomic E-state index is -1.35. The number of aliphatic hydroxyl groups excluding tert-OH is 2. The molecule has 0 saturated carbocycles. The molecule has 0 fully saturated rings. The number of rotatable bonds is 15. The molecule has 2 N–H and O–H groups in total. The number of aryl methyl sites for hydroxylation is 1. The van der Waals surface area contributed by atoms with Gasteiger partial charge < -0.3 is 20.1 Å². The molecule has 0 spiro atoms. The van der Waals surface area contributed by atoms with Gasteiger partial charge in [0, 0.05) is 34.1 Å². The van der Waals surface area contributed by atoms with Crippen molar-refractivity contribution < 1.29 is 54.1 Å². The first kappa shape index (κ1) is 32.0. The van der Waals surface area contributed by atoms with E-state index in [9.17, 15) is 24.5 Å². The van der Waals surface area contributed by atoms with Crippen LogP contribution < -0.4 is 34.7 Å². The molecule has 0 aliphatic carbocycles. The van der Waals surface area contributed by atoms with Gasteiger partial charge in [-0.05, 0) is 42.0 Å². The summed E-state index contributed by atoms with van der Waals surface area (Å²) in [6, 6.07) is 6.53. The summed E-state index contributed by atoms with van der Waals surface area (Å²) < 4.78 is 13.6. The fourth-order valence-corrected chi connectivity index (χ4v) is 5.48. The van der Waals surface area contributed by atoms with Gasteiger partial charge in [0.2, 0.25) is 0 Å². The van der Waals surface area contributed by atoms with E-state index in [-0.39, 0.29) is 47.7 Å². The first-order chi connectivity index (χ1) is 16.2. The molecule has 0 saturated heterocycles. The Balaban J connectivity index is 0.00000612. The Bertz CT molecular complexity index is 924. The smallest absolute Gasteiger partial charge is 0.550 e. The molecule has 0 bridgehead atoms. The van der Waals surface area contributed by atoms with Gasteiger partial charge in [-0.25, -0.2) is 4.39 Å². The van der Waals surface area contributed by atoms with Crippen LogP contribution in [0.5, 0.6) is 0 Å². The predicted molar refractivity (Wildman–Crippen MR) is 136 cm³/mol. The van der Waals surface area contributed by atoms with Crippen LogP contribution in [0.1, 0.15) is 93.4 Å². The summed E-state index contributed by atoms with van der Waals surface area (Å²) >= 11 is 1.77. The summed E-state index contributed by atoms with van der Waals surface area (Å²) in [5.41, 5.74) is 3.01. The van der Waals surface area contributed by atoms with Crippen LogP contribution >= 0.6 is 11.3 Å². The molecule has 0 aliphatic heterocycles. The largest absolute Gasteiger partial charge is 1.00 e. The Morgan fingerprint density at radius 2 is 1.71 bits per heavy atom. The van der Waals surface area contributed by atoms with Crippen molar-refractivity contribution in [3.05, 3.63) is 51.5 Å². The number of carboxylic acid groups (broad SMARTS) is 1. The SMILES string of the molecule is CCCCCCCCc1sc(C(C)C)c(/C=C/[C@@H](O)C[C@@H](O)CC(=O)[O-])c1-c1ccc(F)cc1.[Na+]. The van der Waals surface area contributed by atoms with E-state index in [0.29, 0.717) is 0 Å². The molecule has 2 aromatic rings. The zero-order chi connectivity index (χ0) is 25.1. The monoisotopic (exact) mass is 512 g/mol. The molecule has 4 nitrogen and oxygen atoms in total. The van der Waals surface area contributed by atoms with Crippen LogP contribution in [0.2, 0.25) is 0 Å². The van der Waals surface area contributed by atoms with Crippen molar-refractivity contribution >= 4 is 23.4 Å². The van der Waals surface area contributed by atoms with Crippen LogP contribution in [0.25, 0.3) is 17.2 Å². The maximum absolute atomic E-state index is 13.6. The van der Waals surface area contributed by atoms with Crippen LogP contribution in [0, 0.1) is 5.82 Å². The van der Waals surface area contributed by atoms with Crippen LogP contribution in [0.15, 0.2) is 30.3 Å². The Kier molecular flexibility index (Phi) is 15.2. The zero-order valence-corrected chi connectivity index (χ0v) is 24.4. The molecule has 0 amide bonds. The molecule has 2 rings (SSSR count). The van der Waals surface area contributed by atoms with E-state index in [4.69, 9.17) is 0 Å². The van der Waals surface area contributed by atoms with Crippen molar-refractivity contribution in [2.45, 2.75) is 96.7 Å². The quantitative estimate of drug-likeness (QED) is 0.284. The van der Waals surface area contributed by atoms with Crippen molar-refractivity contribution in [1.29, 1.82) is 0 Å². The number of benzene rings is 1. The van der Waals surface area contributed by atoms with Gasteiger partial charge in [-0.15, -0.1) is 11.3 Å². The van der Waals surface area contributed by atoms with E-state index in [1.54, 1.807) is 29.5 Å². The molecule has 0 aliphatic rings. The first-order valence-electron chi connectivity index (χ1n) is 12.4. The summed E-state index contributed by atoms with van der Waals surface area (Å²) in [4.78, 5) is 13.1. The second-order valence-electron chi connectivity index (χ2n) is 9.25. The standard InChI is InChI=1S/C28H39FO4S.Na/c1-4-5-6-7-8-9-10-25-27(20-11-13-21(29)14-12-20)24(28(34-25)19(2)3)16-15-22(30)17-23(31)18-26(32)33;/h11-16,19,22-23,30-31H,4-10,17-18H2,1-3H3,(H,32,33);/q;+1/p-1/b16-15+;/t22-,23-;/m1./s1. The molecule has 1 aromatic carbocycles. The van der Waals surface area contributed by atoms with E-state index < -0.39 is 24.6 Å². The molecule has 35 heavy (non-hydrogen) atoms. The topological polar surface area (TPSA) is 80.6 Å². The third-order valence-corrected chi connectivity index (χ3v) is 7.43. The van der Waals surface area contributed by atoms with Gasteiger partial charge in [0.1, 0.15) is 5.82 Å².